The highest BCUT2D eigenvalue weighted by Crippen LogP contribution is 2.07. The normalized spacial score (nSPS) is 10.9. The minimum Gasteiger partial charge on any atom is -0.478 e. The summed E-state index contributed by atoms with van der Waals surface area (Å²) < 4.78 is 23.0. The van der Waals surface area contributed by atoms with Crippen LogP contribution in [0.3, 0.4) is 0 Å². The van der Waals surface area contributed by atoms with Gasteiger partial charge in [-0.1, -0.05) is 0 Å². The number of nitrogens with one attached hydrogen (secondary N) is 1. The van der Waals surface area contributed by atoms with Crippen LogP contribution in [0, 0.1) is 0 Å². The van der Waals surface area contributed by atoms with Crippen molar-refractivity contribution in [3.05, 3.63) is 23.9 Å². The van der Waals surface area contributed by atoms with Gasteiger partial charge in [-0.3, -0.25) is 4.72 Å². The van der Waals surface area contributed by atoms with Crippen molar-refractivity contribution in [3.63, 3.8) is 0 Å². The van der Waals surface area contributed by atoms with E-state index >= 15 is 0 Å². The molecule has 8 heteroatoms. The fourth-order valence-corrected chi connectivity index (χ4v) is 1.17. The SMILES string of the molecule is NS(=O)(=O)Nc1cc(C(=O)O)ccn1. The number of pyridine rings is 1. The van der Waals surface area contributed by atoms with E-state index in [0.29, 0.717) is 0 Å². The molecule has 1 aromatic heterocycles. The molecule has 1 heterocycles. The molecule has 0 fully saturated rings. The number of aromatic nitrogens is 1. The molecule has 0 saturated heterocycles. The van der Waals surface area contributed by atoms with Crippen LogP contribution in [0.5, 0.6) is 0 Å². The molecule has 0 aliphatic rings. The summed E-state index contributed by atoms with van der Waals surface area (Å²) in [5.74, 6) is -1.31. The molecule has 1 rings (SSSR count). The van der Waals surface area contributed by atoms with Gasteiger partial charge in [-0.2, -0.15) is 8.42 Å². The molecule has 76 valence electrons. The predicted molar refractivity (Wildman–Crippen MR) is 47.9 cm³/mol. The summed E-state index contributed by atoms with van der Waals surface area (Å²) in [7, 11) is -3.93. The van der Waals surface area contributed by atoms with E-state index in [9.17, 15) is 13.2 Å². The maximum absolute atomic E-state index is 10.6. The number of carbonyl (C=O) groups is 1. The predicted octanol–water partition coefficient (Wildman–Crippen LogP) is -0.605. The number of aromatic carboxylic acids is 1. The summed E-state index contributed by atoms with van der Waals surface area (Å²) in [5.41, 5.74) is -0.0776. The van der Waals surface area contributed by atoms with Crippen molar-refractivity contribution in [1.82, 2.24) is 4.98 Å². The van der Waals surface area contributed by atoms with E-state index < -0.39 is 16.2 Å². The standard InChI is InChI=1S/C6H7N3O4S/c7-14(12,13)9-5-3-4(6(10)11)1-2-8-5/h1-3H,(H,8,9)(H,10,11)(H2,7,12,13). The Morgan fingerprint density at radius 3 is 2.71 bits per heavy atom. The molecule has 0 saturated carbocycles. The van der Waals surface area contributed by atoms with Crippen molar-refractivity contribution in [2.75, 3.05) is 4.72 Å². The Labute approximate surface area is 79.8 Å². The van der Waals surface area contributed by atoms with Gasteiger partial charge in [0.25, 0.3) is 10.2 Å². The molecule has 0 aliphatic heterocycles. The third-order valence-electron chi connectivity index (χ3n) is 1.25. The molecule has 0 aromatic carbocycles. The van der Waals surface area contributed by atoms with E-state index in [1.165, 1.54) is 6.07 Å². The van der Waals surface area contributed by atoms with Gasteiger partial charge in [0.05, 0.1) is 5.56 Å². The van der Waals surface area contributed by atoms with Crippen LogP contribution in [-0.4, -0.2) is 24.5 Å². The van der Waals surface area contributed by atoms with Gasteiger partial charge in [-0.05, 0) is 12.1 Å². The van der Waals surface area contributed by atoms with E-state index in [1.807, 2.05) is 4.72 Å². The van der Waals surface area contributed by atoms with Gasteiger partial charge in [0.15, 0.2) is 0 Å². The number of nitrogens with two attached hydrogens (primary N) is 1. The van der Waals surface area contributed by atoms with Crippen LogP contribution < -0.4 is 9.86 Å². The molecule has 0 amide bonds. The van der Waals surface area contributed by atoms with Gasteiger partial charge in [0.2, 0.25) is 0 Å². The monoisotopic (exact) mass is 217 g/mol. The van der Waals surface area contributed by atoms with Gasteiger partial charge >= 0.3 is 5.97 Å². The van der Waals surface area contributed by atoms with Crippen molar-refractivity contribution in [2.45, 2.75) is 0 Å². The van der Waals surface area contributed by atoms with Gasteiger partial charge in [0.1, 0.15) is 5.82 Å². The second-order valence-corrected chi connectivity index (χ2v) is 3.68. The summed E-state index contributed by atoms with van der Waals surface area (Å²) in [5, 5.41) is 13.2. The summed E-state index contributed by atoms with van der Waals surface area (Å²) in [6.45, 7) is 0. The van der Waals surface area contributed by atoms with Crippen molar-refractivity contribution < 1.29 is 18.3 Å². The first kappa shape index (κ1) is 10.4. The number of rotatable bonds is 3. The minimum absolute atomic E-state index is 0.0776. The molecular formula is C6H7N3O4S. The van der Waals surface area contributed by atoms with E-state index in [0.717, 1.165) is 12.3 Å². The van der Waals surface area contributed by atoms with Crippen LogP contribution in [0.2, 0.25) is 0 Å². The van der Waals surface area contributed by atoms with E-state index in [1.54, 1.807) is 0 Å². The van der Waals surface area contributed by atoms with Crippen LogP contribution in [0.1, 0.15) is 10.4 Å². The summed E-state index contributed by atoms with van der Waals surface area (Å²) >= 11 is 0. The minimum atomic E-state index is -3.93. The summed E-state index contributed by atoms with van der Waals surface area (Å²) in [6.07, 6.45) is 1.16. The molecule has 0 atom stereocenters. The van der Waals surface area contributed by atoms with Gasteiger partial charge in [-0.25, -0.2) is 14.9 Å². The van der Waals surface area contributed by atoms with Crippen LogP contribution in [0.4, 0.5) is 5.82 Å². The van der Waals surface area contributed by atoms with Crippen molar-refractivity contribution >= 4 is 22.0 Å². The number of carboxylic acid groups (broad SMARTS) is 1. The Morgan fingerprint density at radius 1 is 1.57 bits per heavy atom. The second-order valence-electron chi connectivity index (χ2n) is 2.38. The number of hydrogen-bond acceptors (Lipinski definition) is 4. The van der Waals surface area contributed by atoms with Crippen LogP contribution in [-0.2, 0) is 10.2 Å². The largest absolute Gasteiger partial charge is 0.478 e. The lowest BCUT2D eigenvalue weighted by Gasteiger charge is -2.02. The molecule has 0 unspecified atom stereocenters. The quantitative estimate of drug-likeness (QED) is 0.623. The third kappa shape index (κ3) is 2.99. The highest BCUT2D eigenvalue weighted by molar-refractivity contribution is 7.90. The Balaban J connectivity index is 3.01. The van der Waals surface area contributed by atoms with Gasteiger partial charge in [0, 0.05) is 6.20 Å². The first-order valence-corrected chi connectivity index (χ1v) is 4.93. The maximum atomic E-state index is 10.6. The fraction of sp³-hybridized carbons (Fsp3) is 0. The number of carboxylic acids is 1. The zero-order valence-corrected chi connectivity index (χ0v) is 7.65. The van der Waals surface area contributed by atoms with Gasteiger partial charge < -0.3 is 5.11 Å². The van der Waals surface area contributed by atoms with Crippen LogP contribution in [0.15, 0.2) is 18.3 Å². The molecule has 0 radical (unpaired) electrons. The molecule has 7 nitrogen and oxygen atoms in total. The molecule has 1 aromatic rings. The topological polar surface area (TPSA) is 122 Å². The smallest absolute Gasteiger partial charge is 0.335 e. The fourth-order valence-electron chi connectivity index (χ4n) is 0.765. The van der Waals surface area contributed by atoms with Gasteiger partial charge in [-0.15, -0.1) is 0 Å². The summed E-state index contributed by atoms with van der Waals surface area (Å²) in [4.78, 5) is 14.1. The zero-order valence-electron chi connectivity index (χ0n) is 6.84. The summed E-state index contributed by atoms with van der Waals surface area (Å²) in [6, 6.07) is 2.30. The molecular weight excluding hydrogens is 210 g/mol. The second kappa shape index (κ2) is 3.60. The van der Waals surface area contributed by atoms with E-state index in [4.69, 9.17) is 5.11 Å². The van der Waals surface area contributed by atoms with Crippen molar-refractivity contribution in [1.29, 1.82) is 0 Å². The van der Waals surface area contributed by atoms with Crippen LogP contribution >= 0.6 is 0 Å². The Morgan fingerprint density at radius 2 is 2.21 bits per heavy atom. The molecule has 14 heavy (non-hydrogen) atoms. The number of nitrogens with zero attached hydrogens (tertiary/aromatic N) is 1. The molecule has 0 aliphatic carbocycles. The lowest BCUT2D eigenvalue weighted by molar-refractivity contribution is 0.0697. The molecule has 0 spiro atoms. The zero-order chi connectivity index (χ0) is 10.8. The average Bonchev–Trinajstić information content (AvgIpc) is 2.01. The first-order chi connectivity index (χ1) is 6.38. The number of hydrogen-bond donors (Lipinski definition) is 3. The van der Waals surface area contributed by atoms with Crippen molar-refractivity contribution in [3.8, 4) is 0 Å². The lowest BCUT2D eigenvalue weighted by atomic mass is 10.3. The highest BCUT2D eigenvalue weighted by Gasteiger charge is 2.07. The van der Waals surface area contributed by atoms with E-state index in [-0.39, 0.29) is 11.4 Å². The highest BCUT2D eigenvalue weighted by atomic mass is 32.2. The van der Waals surface area contributed by atoms with E-state index in [2.05, 4.69) is 10.1 Å². The number of anilines is 1. The average molecular weight is 217 g/mol. The first-order valence-electron chi connectivity index (χ1n) is 3.38. The Bertz CT molecular complexity index is 456. The lowest BCUT2D eigenvalue weighted by Crippen LogP contribution is -2.22. The third-order valence-corrected chi connectivity index (χ3v) is 1.75. The molecule has 0 bridgehead atoms. The Hall–Kier alpha value is -1.67. The maximum Gasteiger partial charge on any atom is 0.335 e. The molecule has 4 N–H and O–H groups in total. The van der Waals surface area contributed by atoms with Crippen LogP contribution in [0.25, 0.3) is 0 Å². The Kier molecular flexibility index (Phi) is 2.68. The van der Waals surface area contributed by atoms with Crippen molar-refractivity contribution in [2.24, 2.45) is 5.14 Å².